The molecule has 0 aromatic heterocycles. The molecule has 11 heavy (non-hydrogen) atoms. The molecule has 1 unspecified atom stereocenters. The van der Waals surface area contributed by atoms with Crippen molar-refractivity contribution >= 4 is 12.6 Å². The van der Waals surface area contributed by atoms with Crippen LogP contribution >= 0.6 is 12.6 Å². The van der Waals surface area contributed by atoms with E-state index in [0.717, 1.165) is 11.3 Å². The van der Waals surface area contributed by atoms with Crippen molar-refractivity contribution in [1.82, 2.24) is 0 Å². The first kappa shape index (κ1) is 8.47. The van der Waals surface area contributed by atoms with Crippen LogP contribution in [0.4, 0.5) is 0 Å². The largest absolute Gasteiger partial charge is 0.497 e. The summed E-state index contributed by atoms with van der Waals surface area (Å²) < 4.78 is 5.00. The summed E-state index contributed by atoms with van der Waals surface area (Å²) in [5, 5.41) is 0.0425. The lowest BCUT2D eigenvalue weighted by Gasteiger charge is -2.04. The van der Waals surface area contributed by atoms with Gasteiger partial charge in [0, 0.05) is 5.25 Å². The Morgan fingerprint density at radius 3 is 2.27 bits per heavy atom. The molecule has 1 nitrogen and oxygen atoms in total. The maximum Gasteiger partial charge on any atom is 0.118 e. The van der Waals surface area contributed by atoms with E-state index in [2.05, 4.69) is 19.6 Å². The molecule has 1 atom stereocenters. The van der Waals surface area contributed by atoms with Gasteiger partial charge in [-0.25, -0.2) is 0 Å². The first-order valence-electron chi connectivity index (χ1n) is 3.39. The molecule has 0 amide bonds. The summed E-state index contributed by atoms with van der Waals surface area (Å²) in [6.07, 6.45) is 0. The Labute approximate surface area is 72.8 Å². The molecule has 1 aromatic rings. The summed E-state index contributed by atoms with van der Waals surface area (Å²) >= 11 is 4.20. The van der Waals surface area contributed by atoms with Gasteiger partial charge in [-0.1, -0.05) is 12.1 Å². The van der Waals surface area contributed by atoms with Gasteiger partial charge in [0.15, 0.2) is 0 Å². The fraction of sp³-hybridized carbons (Fsp3) is 0.222. The van der Waals surface area contributed by atoms with Gasteiger partial charge in [0.05, 0.1) is 7.11 Å². The first-order valence-corrected chi connectivity index (χ1v) is 3.91. The Morgan fingerprint density at radius 1 is 1.36 bits per heavy atom. The number of methoxy groups -OCH3 is 1. The minimum atomic E-state index is 0.0425. The summed E-state index contributed by atoms with van der Waals surface area (Å²) in [4.78, 5) is 0. The minimum Gasteiger partial charge on any atom is -0.497 e. The van der Waals surface area contributed by atoms with Gasteiger partial charge in [-0.3, -0.25) is 0 Å². The van der Waals surface area contributed by atoms with Crippen molar-refractivity contribution in [3.63, 3.8) is 0 Å². The molecular formula is C9H11OS. The highest BCUT2D eigenvalue weighted by molar-refractivity contribution is 7.80. The van der Waals surface area contributed by atoms with Crippen molar-refractivity contribution in [3.05, 3.63) is 36.8 Å². The molecule has 0 aliphatic heterocycles. The molecule has 59 valence electrons. The van der Waals surface area contributed by atoms with E-state index in [1.165, 1.54) is 0 Å². The van der Waals surface area contributed by atoms with Crippen LogP contribution in [0.5, 0.6) is 5.75 Å². The summed E-state index contributed by atoms with van der Waals surface area (Å²) in [7, 11) is 1.65. The van der Waals surface area contributed by atoms with Crippen molar-refractivity contribution < 1.29 is 4.74 Å². The van der Waals surface area contributed by atoms with E-state index in [-0.39, 0.29) is 5.25 Å². The third-order valence-electron chi connectivity index (χ3n) is 1.50. The molecule has 0 aliphatic rings. The third-order valence-corrected chi connectivity index (χ3v) is 1.80. The summed E-state index contributed by atoms with van der Waals surface area (Å²) in [5.74, 6) is 0.864. The highest BCUT2D eigenvalue weighted by Crippen LogP contribution is 2.20. The lowest BCUT2D eigenvalue weighted by molar-refractivity contribution is 0.414. The van der Waals surface area contributed by atoms with Crippen molar-refractivity contribution in [2.24, 2.45) is 0 Å². The van der Waals surface area contributed by atoms with Crippen molar-refractivity contribution in [2.45, 2.75) is 5.25 Å². The monoisotopic (exact) mass is 167 g/mol. The topological polar surface area (TPSA) is 9.23 Å². The molecule has 0 fully saturated rings. The quantitative estimate of drug-likeness (QED) is 0.666. The molecular weight excluding hydrogens is 156 g/mol. The van der Waals surface area contributed by atoms with Crippen LogP contribution in [0.25, 0.3) is 0 Å². The number of ether oxygens (including phenoxy) is 1. The average Bonchev–Trinajstić information content (AvgIpc) is 2.05. The Balaban J connectivity index is 2.83. The Kier molecular flexibility index (Phi) is 2.83. The van der Waals surface area contributed by atoms with E-state index in [0.29, 0.717) is 0 Å². The van der Waals surface area contributed by atoms with Crippen LogP contribution in [0.3, 0.4) is 0 Å². The lowest BCUT2D eigenvalue weighted by Crippen LogP contribution is -1.85. The minimum absolute atomic E-state index is 0.0425. The van der Waals surface area contributed by atoms with Crippen LogP contribution in [0.15, 0.2) is 24.3 Å². The normalized spacial score (nSPS) is 12.6. The van der Waals surface area contributed by atoms with E-state index in [9.17, 15) is 0 Å². The molecule has 0 saturated carbocycles. The Morgan fingerprint density at radius 2 is 1.91 bits per heavy atom. The predicted molar refractivity (Wildman–Crippen MR) is 50.1 cm³/mol. The second kappa shape index (κ2) is 3.67. The zero-order valence-electron chi connectivity index (χ0n) is 6.45. The fourth-order valence-electron chi connectivity index (χ4n) is 0.826. The van der Waals surface area contributed by atoms with E-state index in [4.69, 9.17) is 4.74 Å². The molecule has 2 heteroatoms. The SMILES string of the molecule is [CH2]C(S)c1ccc(OC)cc1. The number of benzene rings is 1. The molecule has 1 radical (unpaired) electrons. The van der Waals surface area contributed by atoms with Crippen molar-refractivity contribution in [2.75, 3.05) is 7.11 Å². The van der Waals surface area contributed by atoms with Crippen LogP contribution in [0, 0.1) is 6.92 Å². The van der Waals surface area contributed by atoms with Crippen molar-refractivity contribution in [1.29, 1.82) is 0 Å². The van der Waals surface area contributed by atoms with Crippen LogP contribution in [0.1, 0.15) is 10.8 Å². The summed E-state index contributed by atoms with van der Waals surface area (Å²) in [5.41, 5.74) is 1.11. The Hall–Kier alpha value is -0.630. The van der Waals surface area contributed by atoms with Crippen LogP contribution in [-0.4, -0.2) is 7.11 Å². The van der Waals surface area contributed by atoms with E-state index >= 15 is 0 Å². The van der Waals surface area contributed by atoms with Gasteiger partial charge in [0.25, 0.3) is 0 Å². The summed E-state index contributed by atoms with van der Waals surface area (Å²) in [6.45, 7) is 3.79. The molecule has 0 N–H and O–H groups in total. The second-order valence-electron chi connectivity index (χ2n) is 2.29. The van der Waals surface area contributed by atoms with E-state index in [1.54, 1.807) is 7.11 Å². The van der Waals surface area contributed by atoms with E-state index in [1.807, 2.05) is 24.3 Å². The molecule has 1 aromatic carbocycles. The number of hydrogen-bond acceptors (Lipinski definition) is 2. The van der Waals surface area contributed by atoms with Gasteiger partial charge < -0.3 is 4.74 Å². The highest BCUT2D eigenvalue weighted by atomic mass is 32.1. The second-order valence-corrected chi connectivity index (χ2v) is 2.91. The van der Waals surface area contributed by atoms with Gasteiger partial charge in [-0.05, 0) is 24.6 Å². The van der Waals surface area contributed by atoms with Crippen LogP contribution < -0.4 is 4.74 Å². The van der Waals surface area contributed by atoms with E-state index < -0.39 is 0 Å². The zero-order chi connectivity index (χ0) is 8.27. The smallest absolute Gasteiger partial charge is 0.118 e. The van der Waals surface area contributed by atoms with Gasteiger partial charge >= 0.3 is 0 Å². The average molecular weight is 167 g/mol. The third kappa shape index (κ3) is 2.15. The van der Waals surface area contributed by atoms with Gasteiger partial charge in [0.2, 0.25) is 0 Å². The van der Waals surface area contributed by atoms with Gasteiger partial charge in [-0.15, -0.1) is 0 Å². The Bertz CT molecular complexity index is 216. The predicted octanol–water partition coefficient (Wildman–Crippen LogP) is 2.50. The standard InChI is InChI=1S/C9H11OS/c1-7(11)8-3-5-9(10-2)6-4-8/h3-7,11H,1H2,2H3. The van der Waals surface area contributed by atoms with Crippen LogP contribution in [0.2, 0.25) is 0 Å². The fourth-order valence-corrected chi connectivity index (χ4v) is 0.998. The molecule has 0 spiro atoms. The molecule has 0 aliphatic carbocycles. The molecule has 0 saturated heterocycles. The zero-order valence-corrected chi connectivity index (χ0v) is 7.34. The molecule has 0 bridgehead atoms. The number of hydrogen-bond donors (Lipinski definition) is 1. The highest BCUT2D eigenvalue weighted by Gasteiger charge is 1.98. The first-order chi connectivity index (χ1) is 5.24. The molecule has 0 heterocycles. The maximum absolute atomic E-state index is 5.00. The maximum atomic E-state index is 5.00. The van der Waals surface area contributed by atoms with Crippen LogP contribution in [-0.2, 0) is 0 Å². The molecule has 1 rings (SSSR count). The van der Waals surface area contributed by atoms with Gasteiger partial charge in [-0.2, -0.15) is 12.6 Å². The number of rotatable bonds is 2. The van der Waals surface area contributed by atoms with Crippen molar-refractivity contribution in [3.8, 4) is 5.75 Å². The summed E-state index contributed by atoms with van der Waals surface area (Å²) in [6, 6.07) is 7.74. The lowest BCUT2D eigenvalue weighted by atomic mass is 10.2. The number of thiol groups is 1. The van der Waals surface area contributed by atoms with Gasteiger partial charge in [0.1, 0.15) is 5.75 Å².